The van der Waals surface area contributed by atoms with Gasteiger partial charge in [0.2, 0.25) is 0 Å². The first kappa shape index (κ1) is 56.3. The first-order valence-corrected chi connectivity index (χ1v) is 26.1. The van der Waals surface area contributed by atoms with Gasteiger partial charge in [0.05, 0.1) is 50.8 Å². The number of fused-ring (bicyclic) bond motifs is 7. The normalized spacial score (nSPS) is 55.0. The maximum absolute atomic E-state index is 12.2. The van der Waals surface area contributed by atoms with Crippen molar-refractivity contribution in [2.45, 2.75) is 220 Å². The molecule has 4 aliphatic carbocycles. The van der Waals surface area contributed by atoms with E-state index in [0.717, 1.165) is 31.3 Å². The van der Waals surface area contributed by atoms with Crippen LogP contribution in [0.4, 0.5) is 0 Å². The van der Waals surface area contributed by atoms with Crippen LogP contribution in [0, 0.1) is 40.4 Å². The zero-order valence-electron chi connectivity index (χ0n) is 41.8. The summed E-state index contributed by atoms with van der Waals surface area (Å²) in [6.07, 6.45) is -23.8. The van der Waals surface area contributed by atoms with Gasteiger partial charge >= 0.3 is 0 Å². The van der Waals surface area contributed by atoms with Crippen molar-refractivity contribution in [1.29, 1.82) is 0 Å². The summed E-state index contributed by atoms with van der Waals surface area (Å²) in [5.74, 6) is -0.929. The molecule has 0 aromatic rings. The van der Waals surface area contributed by atoms with Crippen molar-refractivity contribution >= 4 is 0 Å². The van der Waals surface area contributed by atoms with Crippen LogP contribution in [-0.2, 0) is 42.6 Å². The van der Waals surface area contributed by atoms with Gasteiger partial charge in [-0.25, -0.2) is 0 Å². The Bertz CT molecular complexity index is 1950. The average Bonchev–Trinajstić information content (AvgIpc) is 3.80. The number of aliphatic hydroxyl groups is 14. The van der Waals surface area contributed by atoms with Gasteiger partial charge < -0.3 is 114 Å². The van der Waals surface area contributed by atoms with Gasteiger partial charge in [0.25, 0.3) is 0 Å². The van der Waals surface area contributed by atoms with E-state index in [4.69, 9.17) is 42.6 Å². The molecule has 418 valence electrons. The Balaban J connectivity index is 0.820. The molecule has 0 amide bonds. The minimum atomic E-state index is -1.84. The van der Waals surface area contributed by atoms with Gasteiger partial charge in [0, 0.05) is 24.2 Å². The summed E-state index contributed by atoms with van der Waals surface area (Å²) < 4.78 is 53.3. The quantitative estimate of drug-likeness (QED) is 0.0752. The second-order valence-corrected chi connectivity index (χ2v) is 23.0. The Morgan fingerprint density at radius 1 is 0.712 bits per heavy atom. The molecule has 23 nitrogen and oxygen atoms in total. The van der Waals surface area contributed by atoms with Crippen molar-refractivity contribution in [3.8, 4) is 0 Å². The van der Waals surface area contributed by atoms with Crippen LogP contribution in [0.3, 0.4) is 0 Å². The first-order valence-electron chi connectivity index (χ1n) is 26.1. The van der Waals surface area contributed by atoms with Gasteiger partial charge in [-0.05, 0) is 74.5 Å². The van der Waals surface area contributed by atoms with Crippen LogP contribution in [0.15, 0.2) is 23.8 Å². The van der Waals surface area contributed by atoms with Crippen molar-refractivity contribution in [1.82, 2.24) is 0 Å². The highest BCUT2D eigenvalue weighted by atomic mass is 16.8. The molecule has 0 bridgehead atoms. The predicted octanol–water partition coefficient (Wildman–Crippen LogP) is -3.48. The molecule has 5 saturated heterocycles. The Morgan fingerprint density at radius 2 is 1.34 bits per heavy atom. The molecule has 0 spiro atoms. The molecule has 9 rings (SSSR count). The number of hydrogen-bond acceptors (Lipinski definition) is 23. The zero-order valence-corrected chi connectivity index (χ0v) is 41.8. The summed E-state index contributed by atoms with van der Waals surface area (Å²) in [5, 5.41) is 150. The number of hydrogen-bond donors (Lipinski definition) is 14. The van der Waals surface area contributed by atoms with Crippen LogP contribution in [0.5, 0.6) is 0 Å². The highest BCUT2D eigenvalue weighted by Crippen LogP contribution is 2.70. The topological polar surface area (TPSA) is 366 Å². The fourth-order valence-corrected chi connectivity index (χ4v) is 14.6. The van der Waals surface area contributed by atoms with E-state index in [0.29, 0.717) is 18.4 Å². The van der Waals surface area contributed by atoms with Crippen LogP contribution >= 0.6 is 0 Å². The number of aliphatic hydroxyl groups excluding tert-OH is 13. The molecule has 5 aliphatic heterocycles. The molecule has 9 aliphatic rings. The Labute approximate surface area is 423 Å². The van der Waals surface area contributed by atoms with E-state index in [1.807, 2.05) is 6.92 Å². The lowest BCUT2D eigenvalue weighted by atomic mass is 9.46. The Hall–Kier alpha value is -1.44. The zero-order chi connectivity index (χ0) is 52.8. The van der Waals surface area contributed by atoms with E-state index in [1.165, 1.54) is 6.92 Å². The lowest BCUT2D eigenvalue weighted by molar-refractivity contribution is -0.380. The fourth-order valence-electron chi connectivity index (χ4n) is 14.6. The second-order valence-electron chi connectivity index (χ2n) is 23.0. The average molecular weight is 1050 g/mol. The molecule has 0 radical (unpaired) electrons. The van der Waals surface area contributed by atoms with Crippen LogP contribution < -0.4 is 0 Å². The van der Waals surface area contributed by atoms with Crippen molar-refractivity contribution in [3.05, 3.63) is 23.8 Å². The van der Waals surface area contributed by atoms with Gasteiger partial charge in [-0.1, -0.05) is 44.6 Å². The lowest BCUT2D eigenvalue weighted by Crippen LogP contribution is -2.65. The van der Waals surface area contributed by atoms with Gasteiger partial charge in [-0.3, -0.25) is 0 Å². The maximum Gasteiger partial charge on any atom is 0.187 e. The first-order chi connectivity index (χ1) is 34.5. The van der Waals surface area contributed by atoms with Crippen molar-refractivity contribution in [3.63, 3.8) is 0 Å². The summed E-state index contributed by atoms with van der Waals surface area (Å²) in [5.41, 5.74) is 0.908. The highest BCUT2D eigenvalue weighted by Gasteiger charge is 2.68. The molecule has 3 saturated carbocycles. The molecule has 5 heterocycles. The van der Waals surface area contributed by atoms with Crippen LogP contribution in [0.25, 0.3) is 0 Å². The summed E-state index contributed by atoms with van der Waals surface area (Å²) in [7, 11) is 0. The molecular weight excluding hydrogens is 969 g/mol. The summed E-state index contributed by atoms with van der Waals surface area (Å²) in [6.45, 7) is 10.3. The van der Waals surface area contributed by atoms with E-state index >= 15 is 0 Å². The second kappa shape index (κ2) is 21.7. The molecule has 14 N–H and O–H groups in total. The number of ether oxygens (including phenoxy) is 9. The van der Waals surface area contributed by atoms with Gasteiger partial charge in [-0.2, -0.15) is 0 Å². The molecule has 23 heteroatoms. The summed E-state index contributed by atoms with van der Waals surface area (Å²) in [6, 6.07) is 0. The smallest absolute Gasteiger partial charge is 0.187 e. The van der Waals surface area contributed by atoms with E-state index in [-0.39, 0.29) is 67.2 Å². The van der Waals surface area contributed by atoms with E-state index in [9.17, 15) is 71.5 Å². The monoisotopic (exact) mass is 1050 g/mol. The number of allylic oxidation sites excluding steroid dienone is 1. The Kier molecular flexibility index (Phi) is 16.7. The van der Waals surface area contributed by atoms with E-state index < -0.39 is 153 Å². The van der Waals surface area contributed by atoms with Gasteiger partial charge in [-0.15, -0.1) is 0 Å². The summed E-state index contributed by atoms with van der Waals surface area (Å²) >= 11 is 0. The molecule has 30 atom stereocenters. The third-order valence-corrected chi connectivity index (χ3v) is 19.0. The standard InChI is InChI=1S/C50H80O23/c1-19(17-65-44-39(61)37(59)35(57)29(15-51)69-44)8-11-50(64)20(2)32-28(73-50)14-26-24-7-6-22-12-23(13-31(54)49(22,5)25(24)9-10-48(26,32)4)68-47-43(34(56)27(53)18-66-47)72-46-41(63)42(33(55)21(3)67-46)71-45-40(62)38(60)36(58)30(16-52)70-45/h6,20-21,23-47,51-64H,1,7-18H2,2-5H3/t20-,21-,23+,24?,25-,26-,27-,28-,29+,30+,31+,32-,33-,34-,35+,36+,37-,38-,39+,40+,41+,42+,43+,44+,45-,46-,47-,48-,49-,50+/m0/s1. The van der Waals surface area contributed by atoms with Crippen molar-refractivity contribution in [2.75, 3.05) is 26.4 Å². The third kappa shape index (κ3) is 9.95. The molecule has 0 aromatic heterocycles. The van der Waals surface area contributed by atoms with Crippen molar-refractivity contribution < 1.29 is 114 Å². The number of rotatable bonds is 14. The van der Waals surface area contributed by atoms with Gasteiger partial charge in [0.15, 0.2) is 30.9 Å². The Morgan fingerprint density at radius 3 is 2.01 bits per heavy atom. The van der Waals surface area contributed by atoms with Crippen LogP contribution in [-0.4, -0.2) is 239 Å². The third-order valence-electron chi connectivity index (χ3n) is 19.0. The largest absolute Gasteiger partial charge is 0.394 e. The molecular formula is C50H80O23. The molecule has 8 fully saturated rings. The van der Waals surface area contributed by atoms with Crippen molar-refractivity contribution in [2.24, 2.45) is 40.4 Å². The molecule has 1 unspecified atom stereocenters. The SMILES string of the molecule is C=C(CC[C@@]1(O)O[C@H]2C[C@H]3C4CC=C5C[C@@H](O[C@@H]6OC[C@H](O)[C@H](O)[C@H]6O[C@@H]6O[C@@H](C)[C@H](O)[C@@H](O[C@@H]7O[C@H](CO)[C@@H](O)[C@H](O)[C@H]7O)[C@H]6O)C[C@@H](O)[C@]5(C)[C@H]4CC[C@]3(C)[C@H]2[C@@H]1C)CO[C@@H]1O[C@H](CO)[C@@H](O)[C@H](O)[C@H]1O. The highest BCUT2D eigenvalue weighted by molar-refractivity contribution is 5.28. The van der Waals surface area contributed by atoms with Crippen LogP contribution in [0.2, 0.25) is 0 Å². The molecule has 73 heavy (non-hydrogen) atoms. The van der Waals surface area contributed by atoms with Gasteiger partial charge in [0.1, 0.15) is 85.5 Å². The summed E-state index contributed by atoms with van der Waals surface area (Å²) in [4.78, 5) is 0. The maximum atomic E-state index is 12.2. The predicted molar refractivity (Wildman–Crippen MR) is 246 cm³/mol. The van der Waals surface area contributed by atoms with E-state index in [1.54, 1.807) is 0 Å². The minimum Gasteiger partial charge on any atom is -0.394 e. The minimum absolute atomic E-state index is 0.0583. The van der Waals surface area contributed by atoms with E-state index in [2.05, 4.69) is 26.5 Å². The fraction of sp³-hybridized carbons (Fsp3) is 0.920. The lowest BCUT2D eigenvalue weighted by Gasteiger charge is -2.60. The molecule has 0 aromatic carbocycles. The van der Waals surface area contributed by atoms with Crippen LogP contribution in [0.1, 0.15) is 79.1 Å².